The molecule has 0 aliphatic carbocycles. The summed E-state index contributed by atoms with van der Waals surface area (Å²) in [6, 6.07) is 11.4. The van der Waals surface area contributed by atoms with Crippen LogP contribution in [0, 0.1) is 0 Å². The van der Waals surface area contributed by atoms with E-state index in [1.807, 2.05) is 31.2 Å². The van der Waals surface area contributed by atoms with Crippen LogP contribution in [0.1, 0.15) is 48.2 Å². The number of benzene rings is 2. The van der Waals surface area contributed by atoms with Gasteiger partial charge in [0.1, 0.15) is 11.5 Å². The molecule has 0 bridgehead atoms. The van der Waals surface area contributed by atoms with Gasteiger partial charge < -0.3 is 9.84 Å². The number of ketones is 1. The van der Waals surface area contributed by atoms with Crippen molar-refractivity contribution in [3.8, 4) is 22.9 Å². The number of ether oxygens (including phenoxy) is 1. The first-order chi connectivity index (χ1) is 13.6. The molecule has 0 unspecified atom stereocenters. The maximum absolute atomic E-state index is 11.6. The number of aromatic hydroxyl groups is 1. The van der Waals surface area contributed by atoms with Gasteiger partial charge in [-0.05, 0) is 49.1 Å². The smallest absolute Gasteiger partial charge is 0.204 e. The predicted molar refractivity (Wildman–Crippen MR) is 106 cm³/mol. The molecule has 146 valence electrons. The molecule has 0 saturated carbocycles. The minimum Gasteiger partial charge on any atom is -0.507 e. The number of rotatable bonds is 9. The Labute approximate surface area is 163 Å². The van der Waals surface area contributed by atoms with E-state index in [2.05, 4.69) is 20.6 Å². The molecule has 0 aliphatic heterocycles. The number of H-pyrrole nitrogens is 1. The molecule has 0 spiro atoms. The summed E-state index contributed by atoms with van der Waals surface area (Å²) in [4.78, 5) is 11.6. The van der Waals surface area contributed by atoms with E-state index < -0.39 is 0 Å². The molecular weight excluding hydrogens is 356 g/mol. The number of phenols is 1. The maximum Gasteiger partial charge on any atom is 0.204 e. The Balaban J connectivity index is 1.57. The van der Waals surface area contributed by atoms with Gasteiger partial charge in [-0.3, -0.25) is 4.79 Å². The Morgan fingerprint density at radius 2 is 1.93 bits per heavy atom. The van der Waals surface area contributed by atoms with Crippen molar-refractivity contribution in [2.45, 2.75) is 39.5 Å². The zero-order chi connectivity index (χ0) is 19.9. The Kier molecular flexibility index (Phi) is 6.37. The molecule has 0 amide bonds. The van der Waals surface area contributed by atoms with Gasteiger partial charge in [0.15, 0.2) is 5.78 Å². The number of tetrazole rings is 1. The largest absolute Gasteiger partial charge is 0.507 e. The lowest BCUT2D eigenvalue weighted by atomic mass is 10.0. The van der Waals surface area contributed by atoms with Crippen LogP contribution in [0.2, 0.25) is 0 Å². The molecule has 0 aliphatic rings. The molecule has 7 heteroatoms. The van der Waals surface area contributed by atoms with Crippen LogP contribution in [0.25, 0.3) is 11.4 Å². The zero-order valence-corrected chi connectivity index (χ0v) is 16.1. The highest BCUT2D eigenvalue weighted by Gasteiger charge is 2.15. The number of Topliss-reactive ketones (excluding diaryl/α,β-unsaturated/α-hetero) is 1. The van der Waals surface area contributed by atoms with Gasteiger partial charge in [0.05, 0.1) is 12.2 Å². The van der Waals surface area contributed by atoms with Gasteiger partial charge >= 0.3 is 0 Å². The van der Waals surface area contributed by atoms with E-state index in [9.17, 15) is 9.90 Å². The Hall–Kier alpha value is -3.22. The third kappa shape index (κ3) is 4.54. The molecule has 2 aromatic carbocycles. The summed E-state index contributed by atoms with van der Waals surface area (Å²) >= 11 is 0. The van der Waals surface area contributed by atoms with Crippen LogP contribution in [0.15, 0.2) is 36.4 Å². The summed E-state index contributed by atoms with van der Waals surface area (Å²) in [6.07, 6.45) is 3.23. The van der Waals surface area contributed by atoms with Gasteiger partial charge in [-0.15, -0.1) is 10.2 Å². The van der Waals surface area contributed by atoms with Crippen LogP contribution < -0.4 is 4.74 Å². The van der Waals surface area contributed by atoms with Crippen molar-refractivity contribution in [3.63, 3.8) is 0 Å². The number of hydrogen-bond acceptors (Lipinski definition) is 6. The van der Waals surface area contributed by atoms with E-state index in [0.717, 1.165) is 24.8 Å². The third-order valence-corrected chi connectivity index (χ3v) is 4.54. The van der Waals surface area contributed by atoms with Crippen molar-refractivity contribution in [3.05, 3.63) is 53.1 Å². The fourth-order valence-corrected chi connectivity index (χ4v) is 3.09. The molecule has 0 saturated heterocycles. The van der Waals surface area contributed by atoms with Crippen molar-refractivity contribution >= 4 is 5.78 Å². The topological polar surface area (TPSA) is 101 Å². The van der Waals surface area contributed by atoms with Gasteiger partial charge in [-0.25, -0.2) is 0 Å². The summed E-state index contributed by atoms with van der Waals surface area (Å²) in [5.41, 5.74) is 3.16. The summed E-state index contributed by atoms with van der Waals surface area (Å²) in [6.45, 7) is 4.01. The fraction of sp³-hybridized carbons (Fsp3) is 0.333. The average Bonchev–Trinajstić information content (AvgIpc) is 3.22. The number of carbonyl (C=O) groups excluding carboxylic acids is 1. The van der Waals surface area contributed by atoms with Crippen molar-refractivity contribution in [1.29, 1.82) is 0 Å². The number of aryl methyl sites for hydroxylation is 1. The Morgan fingerprint density at radius 3 is 2.57 bits per heavy atom. The van der Waals surface area contributed by atoms with Crippen molar-refractivity contribution < 1.29 is 14.6 Å². The lowest BCUT2D eigenvalue weighted by Crippen LogP contribution is -2.04. The van der Waals surface area contributed by atoms with E-state index in [1.165, 1.54) is 12.5 Å². The Bertz CT molecular complexity index is 922. The van der Waals surface area contributed by atoms with Crippen molar-refractivity contribution in [1.82, 2.24) is 20.6 Å². The average molecular weight is 380 g/mol. The number of aromatic nitrogens is 4. The molecule has 0 radical (unpaired) electrons. The molecule has 0 atom stereocenters. The molecule has 3 aromatic rings. The normalized spacial score (nSPS) is 10.8. The van der Waals surface area contributed by atoms with Crippen LogP contribution in [0.4, 0.5) is 0 Å². The number of phenolic OH excluding ortho intramolecular Hbond substituents is 1. The second-order valence-corrected chi connectivity index (χ2v) is 6.63. The minimum atomic E-state index is -0.148. The van der Waals surface area contributed by atoms with Gasteiger partial charge in [0.2, 0.25) is 5.82 Å². The highest BCUT2D eigenvalue weighted by atomic mass is 16.5. The first-order valence-electron chi connectivity index (χ1n) is 9.41. The lowest BCUT2D eigenvalue weighted by molar-refractivity contribution is 0.101. The van der Waals surface area contributed by atoms with Crippen LogP contribution in [-0.4, -0.2) is 38.1 Å². The third-order valence-electron chi connectivity index (χ3n) is 4.54. The Morgan fingerprint density at radius 1 is 1.14 bits per heavy atom. The van der Waals surface area contributed by atoms with Crippen LogP contribution in [0.3, 0.4) is 0 Å². The lowest BCUT2D eigenvalue weighted by Gasteiger charge is -2.14. The first kappa shape index (κ1) is 19.5. The highest BCUT2D eigenvalue weighted by Crippen LogP contribution is 2.33. The first-order valence-corrected chi connectivity index (χ1v) is 9.41. The van der Waals surface area contributed by atoms with Gasteiger partial charge in [-0.2, -0.15) is 5.21 Å². The molecule has 1 heterocycles. The maximum atomic E-state index is 11.6. The van der Waals surface area contributed by atoms with Crippen molar-refractivity contribution in [2.75, 3.05) is 6.61 Å². The number of nitrogens with one attached hydrogen (secondary N) is 1. The molecule has 1 aromatic heterocycles. The number of carbonyl (C=O) groups is 1. The fourth-order valence-electron chi connectivity index (χ4n) is 3.09. The summed E-state index contributed by atoms with van der Waals surface area (Å²) in [5, 5.41) is 24.3. The monoisotopic (exact) mass is 380 g/mol. The van der Waals surface area contributed by atoms with Crippen molar-refractivity contribution in [2.24, 2.45) is 0 Å². The van der Waals surface area contributed by atoms with Gasteiger partial charge in [0, 0.05) is 11.1 Å². The summed E-state index contributed by atoms with van der Waals surface area (Å²) < 4.78 is 5.91. The molecule has 2 N–H and O–H groups in total. The molecular formula is C21H24N4O3. The number of aromatic amines is 1. The number of hydrogen-bond donors (Lipinski definition) is 2. The zero-order valence-electron chi connectivity index (χ0n) is 16.1. The molecule has 28 heavy (non-hydrogen) atoms. The van der Waals surface area contributed by atoms with Crippen LogP contribution in [0.5, 0.6) is 11.5 Å². The van der Waals surface area contributed by atoms with Gasteiger partial charge in [-0.1, -0.05) is 37.6 Å². The second-order valence-electron chi connectivity index (χ2n) is 6.63. The van der Waals surface area contributed by atoms with E-state index in [0.29, 0.717) is 35.7 Å². The molecule has 7 nitrogen and oxygen atoms in total. The van der Waals surface area contributed by atoms with Crippen LogP contribution in [-0.2, 0) is 12.8 Å². The van der Waals surface area contributed by atoms with E-state index in [-0.39, 0.29) is 11.5 Å². The van der Waals surface area contributed by atoms with E-state index in [4.69, 9.17) is 4.74 Å². The quantitative estimate of drug-likeness (QED) is 0.433. The SMILES string of the molecule is CCCc1c(OCCCc2ccc(-c3nn[nH]n3)cc2)ccc(C(C)=O)c1O. The van der Waals surface area contributed by atoms with E-state index >= 15 is 0 Å². The second kappa shape index (κ2) is 9.12. The molecule has 0 fully saturated rings. The predicted octanol–water partition coefficient (Wildman–Crippen LogP) is 3.74. The standard InChI is InChI=1S/C21H24N4O3/c1-3-5-18-19(12-11-17(14(2)26)20(18)27)28-13-4-6-15-7-9-16(10-8-15)21-22-24-25-23-21/h7-12,27H,3-6,13H2,1-2H3,(H,22,23,24,25). The summed E-state index contributed by atoms with van der Waals surface area (Å²) in [7, 11) is 0. The van der Waals surface area contributed by atoms with Crippen LogP contribution >= 0.6 is 0 Å². The van der Waals surface area contributed by atoms with Gasteiger partial charge in [0.25, 0.3) is 0 Å². The van der Waals surface area contributed by atoms with E-state index in [1.54, 1.807) is 12.1 Å². The molecule has 3 rings (SSSR count). The minimum absolute atomic E-state index is 0.0453. The summed E-state index contributed by atoms with van der Waals surface area (Å²) in [5.74, 6) is 1.12. The highest BCUT2D eigenvalue weighted by molar-refractivity contribution is 5.97. The number of nitrogens with zero attached hydrogens (tertiary/aromatic N) is 3.